The molecule has 6 heteroatoms. The molecular weight excluding hydrogens is 344 g/mol. The lowest BCUT2D eigenvalue weighted by Gasteiger charge is -2.31. The van der Waals surface area contributed by atoms with E-state index in [2.05, 4.69) is 4.90 Å². The van der Waals surface area contributed by atoms with Crippen LogP contribution in [0, 0.1) is 11.6 Å². The van der Waals surface area contributed by atoms with Crippen LogP contribution in [-0.4, -0.2) is 38.2 Å². The molecule has 0 spiro atoms. The van der Waals surface area contributed by atoms with Gasteiger partial charge in [0.15, 0.2) is 9.84 Å². The molecule has 1 aliphatic heterocycles. The third kappa shape index (κ3) is 4.44. The molecule has 25 heavy (non-hydrogen) atoms. The van der Waals surface area contributed by atoms with E-state index < -0.39 is 20.9 Å². The third-order valence-corrected chi connectivity index (χ3v) is 7.02. The van der Waals surface area contributed by atoms with Gasteiger partial charge in [-0.25, -0.2) is 17.2 Å². The van der Waals surface area contributed by atoms with Crippen LogP contribution in [0.4, 0.5) is 8.78 Å². The largest absolute Gasteiger partial charge is 0.303 e. The van der Waals surface area contributed by atoms with Crippen molar-refractivity contribution >= 4 is 9.84 Å². The molecule has 1 saturated heterocycles. The zero-order valence-electron chi connectivity index (χ0n) is 13.9. The SMILES string of the molecule is O=S(=O)(c1ccc(F)cc1)C1CCN(CCc2ccc(F)cc2)CC1. The van der Waals surface area contributed by atoms with E-state index in [9.17, 15) is 17.2 Å². The highest BCUT2D eigenvalue weighted by molar-refractivity contribution is 7.92. The Kier molecular flexibility index (Phi) is 5.49. The van der Waals surface area contributed by atoms with Crippen LogP contribution in [0.1, 0.15) is 18.4 Å². The lowest BCUT2D eigenvalue weighted by molar-refractivity contribution is 0.232. The molecule has 1 fully saturated rings. The standard InChI is InChI=1S/C19H21F2NO2S/c20-16-3-1-15(2-4-16)9-12-22-13-10-19(11-14-22)25(23,24)18-7-5-17(21)6-8-18/h1-8,19H,9-14H2. The van der Waals surface area contributed by atoms with Crippen LogP contribution < -0.4 is 0 Å². The average Bonchev–Trinajstić information content (AvgIpc) is 2.62. The maximum atomic E-state index is 13.0. The number of hydrogen-bond donors (Lipinski definition) is 0. The van der Waals surface area contributed by atoms with E-state index >= 15 is 0 Å². The first-order valence-corrected chi connectivity index (χ1v) is 9.96. The van der Waals surface area contributed by atoms with Crippen molar-refractivity contribution in [2.75, 3.05) is 19.6 Å². The van der Waals surface area contributed by atoms with Gasteiger partial charge in [0.2, 0.25) is 0 Å². The van der Waals surface area contributed by atoms with Crippen molar-refractivity contribution < 1.29 is 17.2 Å². The average molecular weight is 365 g/mol. The predicted octanol–water partition coefficient (Wildman–Crippen LogP) is 3.45. The van der Waals surface area contributed by atoms with Crippen LogP contribution in [0.2, 0.25) is 0 Å². The van der Waals surface area contributed by atoms with Crippen LogP contribution in [-0.2, 0) is 16.3 Å². The number of piperidine rings is 1. The zero-order chi connectivity index (χ0) is 17.9. The Balaban J connectivity index is 1.54. The zero-order valence-corrected chi connectivity index (χ0v) is 14.7. The molecule has 3 rings (SSSR count). The summed E-state index contributed by atoms with van der Waals surface area (Å²) in [5.41, 5.74) is 1.07. The van der Waals surface area contributed by atoms with Crippen molar-refractivity contribution in [2.24, 2.45) is 0 Å². The Bertz CT molecular complexity index is 796. The summed E-state index contributed by atoms with van der Waals surface area (Å²) in [5.74, 6) is -0.676. The summed E-state index contributed by atoms with van der Waals surface area (Å²) in [4.78, 5) is 2.43. The van der Waals surface area contributed by atoms with Gasteiger partial charge in [-0.3, -0.25) is 0 Å². The van der Waals surface area contributed by atoms with Crippen LogP contribution in [0.15, 0.2) is 53.4 Å². The highest BCUT2D eigenvalue weighted by Gasteiger charge is 2.31. The maximum Gasteiger partial charge on any atom is 0.181 e. The summed E-state index contributed by atoms with van der Waals surface area (Å²) in [5, 5.41) is -0.417. The Morgan fingerprint density at radius 1 is 0.880 bits per heavy atom. The molecule has 0 radical (unpaired) electrons. The minimum Gasteiger partial charge on any atom is -0.303 e. The Labute approximate surface area is 147 Å². The lowest BCUT2D eigenvalue weighted by Crippen LogP contribution is -2.40. The monoisotopic (exact) mass is 365 g/mol. The second-order valence-electron chi connectivity index (χ2n) is 6.42. The summed E-state index contributed by atoms with van der Waals surface area (Å²) >= 11 is 0. The molecule has 0 aliphatic carbocycles. The second-order valence-corrected chi connectivity index (χ2v) is 8.64. The molecule has 0 N–H and O–H groups in total. The second kappa shape index (κ2) is 7.62. The van der Waals surface area contributed by atoms with Gasteiger partial charge in [0.05, 0.1) is 10.1 Å². The summed E-state index contributed by atoms with van der Waals surface area (Å²) in [6.07, 6.45) is 1.96. The lowest BCUT2D eigenvalue weighted by atomic mass is 10.1. The fourth-order valence-electron chi connectivity index (χ4n) is 3.20. The van der Waals surface area contributed by atoms with Crippen molar-refractivity contribution in [1.82, 2.24) is 4.90 Å². The van der Waals surface area contributed by atoms with Gasteiger partial charge in [0.25, 0.3) is 0 Å². The quantitative estimate of drug-likeness (QED) is 0.762. The Morgan fingerprint density at radius 2 is 1.40 bits per heavy atom. The first-order chi connectivity index (χ1) is 11.9. The number of benzene rings is 2. The Morgan fingerprint density at radius 3 is 1.96 bits per heavy atom. The van der Waals surface area contributed by atoms with Gasteiger partial charge in [-0.1, -0.05) is 12.1 Å². The van der Waals surface area contributed by atoms with Crippen molar-refractivity contribution in [3.05, 3.63) is 65.7 Å². The molecular formula is C19H21F2NO2S. The fourth-order valence-corrected chi connectivity index (χ4v) is 4.93. The number of halogens is 2. The van der Waals surface area contributed by atoms with Crippen LogP contribution in [0.25, 0.3) is 0 Å². The minimum atomic E-state index is -3.41. The molecule has 1 aliphatic rings. The van der Waals surface area contributed by atoms with E-state index in [0.29, 0.717) is 25.9 Å². The van der Waals surface area contributed by atoms with Gasteiger partial charge in [0.1, 0.15) is 11.6 Å². The van der Waals surface area contributed by atoms with Gasteiger partial charge >= 0.3 is 0 Å². The maximum absolute atomic E-state index is 13.0. The number of rotatable bonds is 5. The predicted molar refractivity (Wildman–Crippen MR) is 93.2 cm³/mol. The summed E-state index contributed by atoms with van der Waals surface area (Å²) in [7, 11) is -3.41. The highest BCUT2D eigenvalue weighted by Crippen LogP contribution is 2.25. The molecule has 0 saturated carbocycles. The number of sulfone groups is 1. The summed E-state index contributed by atoms with van der Waals surface area (Å²) < 4.78 is 51.2. The van der Waals surface area contributed by atoms with E-state index in [-0.39, 0.29) is 10.7 Å². The molecule has 0 amide bonds. The Hall–Kier alpha value is -1.79. The molecule has 0 atom stereocenters. The smallest absolute Gasteiger partial charge is 0.181 e. The molecule has 2 aromatic carbocycles. The van der Waals surface area contributed by atoms with Gasteiger partial charge in [-0.15, -0.1) is 0 Å². The van der Waals surface area contributed by atoms with E-state index in [0.717, 1.165) is 18.5 Å². The van der Waals surface area contributed by atoms with Crippen molar-refractivity contribution in [3.63, 3.8) is 0 Å². The first kappa shape index (κ1) is 18.0. The fraction of sp³-hybridized carbons (Fsp3) is 0.368. The van der Waals surface area contributed by atoms with Crippen LogP contribution in [0.3, 0.4) is 0 Å². The van der Waals surface area contributed by atoms with E-state index in [4.69, 9.17) is 0 Å². The van der Waals surface area contributed by atoms with Crippen molar-refractivity contribution in [2.45, 2.75) is 29.4 Å². The molecule has 2 aromatic rings. The van der Waals surface area contributed by atoms with Gasteiger partial charge in [-0.2, -0.15) is 0 Å². The molecule has 1 heterocycles. The van der Waals surface area contributed by atoms with Crippen LogP contribution >= 0.6 is 0 Å². The molecule has 134 valence electrons. The van der Waals surface area contributed by atoms with Gasteiger partial charge in [-0.05, 0) is 74.3 Å². The van der Waals surface area contributed by atoms with E-state index in [1.165, 1.54) is 36.4 Å². The summed E-state index contributed by atoms with van der Waals surface area (Å²) in [6.45, 7) is 2.26. The molecule has 0 aromatic heterocycles. The molecule has 0 bridgehead atoms. The van der Waals surface area contributed by atoms with Crippen molar-refractivity contribution in [1.29, 1.82) is 0 Å². The van der Waals surface area contributed by atoms with E-state index in [1.807, 2.05) is 0 Å². The third-order valence-electron chi connectivity index (χ3n) is 4.75. The van der Waals surface area contributed by atoms with Crippen molar-refractivity contribution in [3.8, 4) is 0 Å². The van der Waals surface area contributed by atoms with E-state index in [1.54, 1.807) is 12.1 Å². The minimum absolute atomic E-state index is 0.193. The summed E-state index contributed by atoms with van der Waals surface area (Å²) in [6, 6.07) is 11.5. The highest BCUT2D eigenvalue weighted by atomic mass is 32.2. The number of likely N-dealkylation sites (tertiary alicyclic amines) is 1. The number of hydrogen-bond acceptors (Lipinski definition) is 3. The first-order valence-electron chi connectivity index (χ1n) is 8.41. The number of nitrogens with zero attached hydrogens (tertiary/aromatic N) is 1. The topological polar surface area (TPSA) is 37.4 Å². The van der Waals surface area contributed by atoms with Crippen LogP contribution in [0.5, 0.6) is 0 Å². The molecule has 3 nitrogen and oxygen atoms in total. The molecule has 0 unspecified atom stereocenters. The van der Waals surface area contributed by atoms with Gasteiger partial charge < -0.3 is 4.90 Å². The normalized spacial score (nSPS) is 16.9. The van der Waals surface area contributed by atoms with Gasteiger partial charge in [0, 0.05) is 6.54 Å².